The number of primary amides is 1. The van der Waals surface area contributed by atoms with Crippen molar-refractivity contribution in [3.63, 3.8) is 0 Å². The summed E-state index contributed by atoms with van der Waals surface area (Å²) >= 11 is 0. The number of carbonyl (C=O) groups excluding carboxylic acids is 3. The highest BCUT2D eigenvalue weighted by Crippen LogP contribution is 2.21. The summed E-state index contributed by atoms with van der Waals surface area (Å²) in [4.78, 5) is 36.1. The summed E-state index contributed by atoms with van der Waals surface area (Å²) in [7, 11) is 0. The molecule has 1 fully saturated rings. The quantitative estimate of drug-likeness (QED) is 0.520. The fraction of sp³-hybridized carbons (Fsp3) is 0.769. The van der Waals surface area contributed by atoms with Crippen LogP contribution >= 0.6 is 0 Å². The van der Waals surface area contributed by atoms with Gasteiger partial charge in [0.1, 0.15) is 0 Å². The maximum Gasteiger partial charge on any atom is 0.237 e. The van der Waals surface area contributed by atoms with Gasteiger partial charge in [0.2, 0.25) is 17.7 Å². The van der Waals surface area contributed by atoms with Gasteiger partial charge >= 0.3 is 0 Å². The molecular formula is C13H24N4O3. The summed E-state index contributed by atoms with van der Waals surface area (Å²) in [6.07, 6.45) is 2.22. The van der Waals surface area contributed by atoms with E-state index in [4.69, 9.17) is 5.73 Å². The molecule has 1 aliphatic heterocycles. The molecule has 2 unspecified atom stereocenters. The van der Waals surface area contributed by atoms with E-state index in [-0.39, 0.29) is 29.8 Å². The monoisotopic (exact) mass is 284 g/mol. The van der Waals surface area contributed by atoms with E-state index in [0.29, 0.717) is 26.1 Å². The first-order valence-corrected chi connectivity index (χ1v) is 7.04. The van der Waals surface area contributed by atoms with Gasteiger partial charge in [-0.15, -0.1) is 0 Å². The van der Waals surface area contributed by atoms with Crippen LogP contribution in [0.4, 0.5) is 0 Å². The average molecular weight is 284 g/mol. The molecule has 1 rings (SSSR count). The molecule has 1 saturated heterocycles. The Kier molecular flexibility index (Phi) is 6.44. The highest BCUT2D eigenvalue weighted by atomic mass is 16.2. The summed E-state index contributed by atoms with van der Waals surface area (Å²) in [5.41, 5.74) is 5.38. The predicted molar refractivity (Wildman–Crippen MR) is 74.7 cm³/mol. The molecule has 3 amide bonds. The first-order valence-electron chi connectivity index (χ1n) is 7.04. The Bertz CT molecular complexity index is 373. The van der Waals surface area contributed by atoms with Crippen molar-refractivity contribution in [2.24, 2.45) is 5.73 Å². The van der Waals surface area contributed by atoms with E-state index < -0.39 is 0 Å². The van der Waals surface area contributed by atoms with E-state index >= 15 is 0 Å². The van der Waals surface area contributed by atoms with E-state index in [1.807, 2.05) is 11.8 Å². The molecule has 4 N–H and O–H groups in total. The van der Waals surface area contributed by atoms with Crippen LogP contribution in [0.1, 0.15) is 33.1 Å². The number of nitrogens with one attached hydrogen (secondary N) is 2. The second-order valence-corrected chi connectivity index (χ2v) is 5.00. The standard InChI is InChI=1S/C13H24N4O3/c1-3-10(12(14)19)17-8-4-5-11(17)13(20)16-7-6-15-9(2)18/h10-11H,3-8H2,1-2H3,(H2,14,19)(H,15,18)(H,16,20). The molecule has 7 nitrogen and oxygen atoms in total. The summed E-state index contributed by atoms with van der Waals surface area (Å²) < 4.78 is 0. The molecule has 114 valence electrons. The van der Waals surface area contributed by atoms with E-state index in [1.54, 1.807) is 0 Å². The van der Waals surface area contributed by atoms with E-state index in [1.165, 1.54) is 6.92 Å². The summed E-state index contributed by atoms with van der Waals surface area (Å²) in [5, 5.41) is 5.39. The highest BCUT2D eigenvalue weighted by Gasteiger charge is 2.36. The SMILES string of the molecule is CCC(C(N)=O)N1CCCC1C(=O)NCCNC(C)=O. The lowest BCUT2D eigenvalue weighted by atomic mass is 10.1. The zero-order chi connectivity index (χ0) is 15.1. The Morgan fingerprint density at radius 1 is 1.30 bits per heavy atom. The van der Waals surface area contributed by atoms with Gasteiger partial charge < -0.3 is 16.4 Å². The number of rotatable bonds is 7. The van der Waals surface area contributed by atoms with Gasteiger partial charge in [0.15, 0.2) is 0 Å². The lowest BCUT2D eigenvalue weighted by molar-refractivity contribution is -0.130. The van der Waals surface area contributed by atoms with Crippen LogP contribution in [0.25, 0.3) is 0 Å². The molecule has 0 saturated carbocycles. The summed E-state index contributed by atoms with van der Waals surface area (Å²) in [5.74, 6) is -0.612. The number of carbonyl (C=O) groups is 3. The Balaban J connectivity index is 2.49. The molecule has 0 aliphatic carbocycles. The van der Waals surface area contributed by atoms with Gasteiger partial charge in [0.25, 0.3) is 0 Å². The predicted octanol–water partition coefficient (Wildman–Crippen LogP) is -1.03. The fourth-order valence-electron chi connectivity index (χ4n) is 2.58. The van der Waals surface area contributed by atoms with Crippen LogP contribution < -0.4 is 16.4 Å². The first kappa shape index (κ1) is 16.4. The number of hydrogen-bond acceptors (Lipinski definition) is 4. The van der Waals surface area contributed by atoms with E-state index in [0.717, 1.165) is 12.8 Å². The smallest absolute Gasteiger partial charge is 0.237 e. The maximum atomic E-state index is 12.1. The topological polar surface area (TPSA) is 105 Å². The summed E-state index contributed by atoms with van der Waals surface area (Å²) in [6, 6.07) is -0.687. The van der Waals surface area contributed by atoms with E-state index in [9.17, 15) is 14.4 Å². The van der Waals surface area contributed by atoms with Crippen LogP contribution in [0.5, 0.6) is 0 Å². The zero-order valence-electron chi connectivity index (χ0n) is 12.1. The third-order valence-electron chi connectivity index (χ3n) is 3.51. The van der Waals surface area contributed by atoms with Gasteiger partial charge in [-0.1, -0.05) is 6.92 Å². The molecule has 20 heavy (non-hydrogen) atoms. The van der Waals surface area contributed by atoms with Gasteiger partial charge in [-0.25, -0.2) is 0 Å². The minimum absolute atomic E-state index is 0.104. The summed E-state index contributed by atoms with van der Waals surface area (Å²) in [6.45, 7) is 4.82. The normalized spacial score (nSPS) is 20.4. The van der Waals surface area contributed by atoms with Crippen LogP contribution in [-0.2, 0) is 14.4 Å². The van der Waals surface area contributed by atoms with Crippen molar-refractivity contribution < 1.29 is 14.4 Å². The maximum absolute atomic E-state index is 12.1. The molecule has 0 bridgehead atoms. The first-order chi connectivity index (χ1) is 9.47. The zero-order valence-corrected chi connectivity index (χ0v) is 12.1. The van der Waals surface area contributed by atoms with Gasteiger partial charge in [-0.3, -0.25) is 19.3 Å². The van der Waals surface area contributed by atoms with Crippen LogP contribution in [0.3, 0.4) is 0 Å². The van der Waals surface area contributed by atoms with Crippen molar-refractivity contribution in [1.82, 2.24) is 15.5 Å². The van der Waals surface area contributed by atoms with Gasteiger partial charge in [-0.2, -0.15) is 0 Å². The van der Waals surface area contributed by atoms with Crippen LogP contribution in [0.2, 0.25) is 0 Å². The number of nitrogens with zero attached hydrogens (tertiary/aromatic N) is 1. The Morgan fingerprint density at radius 3 is 2.50 bits per heavy atom. The van der Waals surface area contributed by atoms with Crippen LogP contribution in [0.15, 0.2) is 0 Å². The van der Waals surface area contributed by atoms with Crippen molar-refractivity contribution in [2.45, 2.75) is 45.2 Å². The van der Waals surface area contributed by atoms with Gasteiger partial charge in [-0.05, 0) is 25.8 Å². The number of amides is 3. The molecule has 0 aromatic rings. The van der Waals surface area contributed by atoms with Gasteiger partial charge in [0.05, 0.1) is 12.1 Å². The highest BCUT2D eigenvalue weighted by molar-refractivity contribution is 5.85. The molecule has 1 heterocycles. The third-order valence-corrected chi connectivity index (χ3v) is 3.51. The van der Waals surface area contributed by atoms with Crippen molar-refractivity contribution in [3.8, 4) is 0 Å². The minimum Gasteiger partial charge on any atom is -0.368 e. The van der Waals surface area contributed by atoms with Crippen molar-refractivity contribution >= 4 is 17.7 Å². The average Bonchev–Trinajstić information content (AvgIpc) is 2.83. The number of nitrogens with two attached hydrogens (primary N) is 1. The fourth-order valence-corrected chi connectivity index (χ4v) is 2.58. The second-order valence-electron chi connectivity index (χ2n) is 5.00. The molecule has 0 aromatic heterocycles. The Labute approximate surface area is 119 Å². The molecule has 0 radical (unpaired) electrons. The lowest BCUT2D eigenvalue weighted by Crippen LogP contribution is -2.52. The molecule has 7 heteroatoms. The second kappa shape index (κ2) is 7.84. The molecule has 0 spiro atoms. The minimum atomic E-state index is -0.386. The van der Waals surface area contributed by atoms with Crippen molar-refractivity contribution in [2.75, 3.05) is 19.6 Å². The Morgan fingerprint density at radius 2 is 1.95 bits per heavy atom. The lowest BCUT2D eigenvalue weighted by Gasteiger charge is -2.29. The van der Waals surface area contributed by atoms with Gasteiger partial charge in [0, 0.05) is 20.0 Å². The van der Waals surface area contributed by atoms with Crippen LogP contribution in [0, 0.1) is 0 Å². The van der Waals surface area contributed by atoms with Crippen LogP contribution in [-0.4, -0.2) is 54.3 Å². The Hall–Kier alpha value is -1.63. The molecule has 0 aromatic carbocycles. The van der Waals surface area contributed by atoms with Crippen molar-refractivity contribution in [1.29, 1.82) is 0 Å². The molecular weight excluding hydrogens is 260 g/mol. The third kappa shape index (κ3) is 4.48. The van der Waals surface area contributed by atoms with E-state index in [2.05, 4.69) is 10.6 Å². The largest absolute Gasteiger partial charge is 0.368 e. The molecule has 1 aliphatic rings. The van der Waals surface area contributed by atoms with Crippen molar-refractivity contribution in [3.05, 3.63) is 0 Å². The number of likely N-dealkylation sites (tertiary alicyclic amines) is 1. The number of hydrogen-bond donors (Lipinski definition) is 3. The molecule has 2 atom stereocenters.